The molecule has 0 radical (unpaired) electrons. The summed E-state index contributed by atoms with van der Waals surface area (Å²) in [5, 5.41) is 16.6. The highest BCUT2D eigenvalue weighted by molar-refractivity contribution is 7.18. The summed E-state index contributed by atoms with van der Waals surface area (Å²) in [7, 11) is 0. The van der Waals surface area contributed by atoms with Crippen LogP contribution < -0.4 is 10.6 Å². The van der Waals surface area contributed by atoms with Crippen LogP contribution in [0.25, 0.3) is 0 Å². The Balaban J connectivity index is 2.45. The summed E-state index contributed by atoms with van der Waals surface area (Å²) in [5.74, 6) is -1.68. The molecule has 0 saturated carbocycles. The first-order valence-corrected chi connectivity index (χ1v) is 10.1. The van der Waals surface area contributed by atoms with E-state index in [4.69, 9.17) is 4.74 Å². The molecule has 0 unspecified atom stereocenters. The lowest BCUT2D eigenvalue weighted by Crippen LogP contribution is -2.29. The molecule has 0 bridgehead atoms. The molecule has 0 atom stereocenters. The molecule has 0 saturated heterocycles. The van der Waals surface area contributed by atoms with E-state index in [1.54, 1.807) is 34.6 Å². The number of aryl methyl sites for hydroxylation is 1. The maximum Gasteiger partial charge on any atom is 0.341 e. The summed E-state index contributed by atoms with van der Waals surface area (Å²) in [6.45, 7) is 8.56. The molecule has 10 heteroatoms. The first-order valence-electron chi connectivity index (χ1n) is 9.24. The van der Waals surface area contributed by atoms with Gasteiger partial charge in [-0.3, -0.25) is 19.7 Å². The van der Waals surface area contributed by atoms with Gasteiger partial charge in [0.1, 0.15) is 5.00 Å². The van der Waals surface area contributed by atoms with Gasteiger partial charge in [0.15, 0.2) is 0 Å². The zero-order chi connectivity index (χ0) is 22.6. The molecule has 0 aliphatic carbocycles. The van der Waals surface area contributed by atoms with E-state index in [0.717, 1.165) is 11.3 Å². The Bertz CT molecular complexity index is 1010. The predicted molar refractivity (Wildman–Crippen MR) is 113 cm³/mol. The maximum atomic E-state index is 12.7. The molecule has 1 aromatic carbocycles. The van der Waals surface area contributed by atoms with Gasteiger partial charge in [-0.05, 0) is 46.2 Å². The fourth-order valence-corrected chi connectivity index (χ4v) is 3.81. The topological polar surface area (TPSA) is 128 Å². The van der Waals surface area contributed by atoms with Crippen molar-refractivity contribution in [2.75, 3.05) is 11.9 Å². The van der Waals surface area contributed by atoms with Crippen molar-refractivity contribution in [3.05, 3.63) is 55.4 Å². The van der Waals surface area contributed by atoms with Crippen molar-refractivity contribution in [1.29, 1.82) is 0 Å². The van der Waals surface area contributed by atoms with Crippen molar-refractivity contribution in [1.82, 2.24) is 5.32 Å². The fourth-order valence-electron chi connectivity index (χ4n) is 2.72. The minimum atomic E-state index is -0.667. The van der Waals surface area contributed by atoms with Crippen LogP contribution in [0.3, 0.4) is 0 Å². The number of nitrogens with zero attached hydrogens (tertiary/aromatic N) is 1. The number of nitro groups is 1. The van der Waals surface area contributed by atoms with Gasteiger partial charge < -0.3 is 15.4 Å². The summed E-state index contributed by atoms with van der Waals surface area (Å²) in [4.78, 5) is 48.5. The van der Waals surface area contributed by atoms with Crippen molar-refractivity contribution in [3.8, 4) is 0 Å². The molecule has 2 N–H and O–H groups in total. The zero-order valence-electron chi connectivity index (χ0n) is 17.3. The number of carbonyl (C=O) groups excluding carboxylic acids is 3. The second-order valence-corrected chi connectivity index (χ2v) is 7.84. The van der Waals surface area contributed by atoms with Crippen molar-refractivity contribution in [2.45, 2.75) is 40.7 Å². The summed E-state index contributed by atoms with van der Waals surface area (Å²) in [5.41, 5.74) is 0.768. The highest BCUT2D eigenvalue weighted by Crippen LogP contribution is 2.34. The van der Waals surface area contributed by atoms with Gasteiger partial charge in [0.05, 0.1) is 22.0 Å². The smallest absolute Gasteiger partial charge is 0.341 e. The van der Waals surface area contributed by atoms with Gasteiger partial charge in [-0.1, -0.05) is 6.07 Å². The van der Waals surface area contributed by atoms with E-state index in [2.05, 4.69) is 10.6 Å². The van der Waals surface area contributed by atoms with Gasteiger partial charge in [0, 0.05) is 23.2 Å². The second-order valence-electron chi connectivity index (χ2n) is 6.82. The molecule has 0 spiro atoms. The van der Waals surface area contributed by atoms with E-state index in [1.165, 1.54) is 18.2 Å². The average Bonchev–Trinajstić information content (AvgIpc) is 2.97. The number of benzene rings is 1. The van der Waals surface area contributed by atoms with Crippen LogP contribution in [0.1, 0.15) is 62.3 Å². The van der Waals surface area contributed by atoms with Gasteiger partial charge in [-0.25, -0.2) is 4.79 Å². The molecule has 1 aromatic heterocycles. The van der Waals surface area contributed by atoms with Gasteiger partial charge in [-0.15, -0.1) is 11.3 Å². The Morgan fingerprint density at radius 1 is 1.20 bits per heavy atom. The second kappa shape index (κ2) is 9.49. The Labute approximate surface area is 177 Å². The van der Waals surface area contributed by atoms with Crippen LogP contribution in [0, 0.1) is 24.0 Å². The number of anilines is 1. The average molecular weight is 433 g/mol. The molecule has 2 rings (SSSR count). The lowest BCUT2D eigenvalue weighted by Gasteiger charge is -2.08. The van der Waals surface area contributed by atoms with E-state index < -0.39 is 16.8 Å². The minimum absolute atomic E-state index is 0.0568. The SMILES string of the molecule is CCOC(=O)c1c(NC(=O)c2ccc(C)c([N+](=O)[O-])c2)sc(C(=O)NC(C)C)c1C. The monoisotopic (exact) mass is 433 g/mol. The van der Waals surface area contributed by atoms with Crippen LogP contribution in [0.4, 0.5) is 10.7 Å². The Hall–Kier alpha value is -3.27. The minimum Gasteiger partial charge on any atom is -0.462 e. The van der Waals surface area contributed by atoms with Crippen molar-refractivity contribution >= 4 is 39.8 Å². The number of hydrogen-bond donors (Lipinski definition) is 2. The van der Waals surface area contributed by atoms with E-state index in [1.807, 2.05) is 0 Å². The Morgan fingerprint density at radius 2 is 1.87 bits per heavy atom. The van der Waals surface area contributed by atoms with E-state index >= 15 is 0 Å². The third-order valence-electron chi connectivity index (χ3n) is 4.15. The molecule has 0 fully saturated rings. The lowest BCUT2D eigenvalue weighted by molar-refractivity contribution is -0.385. The Kier molecular flexibility index (Phi) is 7.28. The first kappa shape index (κ1) is 23.0. The van der Waals surface area contributed by atoms with Crippen molar-refractivity contribution in [2.24, 2.45) is 0 Å². The van der Waals surface area contributed by atoms with Crippen LogP contribution >= 0.6 is 11.3 Å². The van der Waals surface area contributed by atoms with Crippen LogP contribution in [0.2, 0.25) is 0 Å². The van der Waals surface area contributed by atoms with Gasteiger partial charge in [0.25, 0.3) is 17.5 Å². The maximum absolute atomic E-state index is 12.7. The number of rotatable bonds is 7. The van der Waals surface area contributed by atoms with Gasteiger partial charge >= 0.3 is 5.97 Å². The van der Waals surface area contributed by atoms with Gasteiger partial charge in [0.2, 0.25) is 0 Å². The number of hydrogen-bond acceptors (Lipinski definition) is 7. The molecule has 0 aliphatic rings. The van der Waals surface area contributed by atoms with Gasteiger partial charge in [-0.2, -0.15) is 0 Å². The summed E-state index contributed by atoms with van der Waals surface area (Å²) in [6, 6.07) is 3.98. The fraction of sp³-hybridized carbons (Fsp3) is 0.350. The highest BCUT2D eigenvalue weighted by atomic mass is 32.1. The number of thiophene rings is 1. The summed E-state index contributed by atoms with van der Waals surface area (Å²) >= 11 is 0.948. The van der Waals surface area contributed by atoms with E-state index in [-0.39, 0.29) is 45.2 Å². The molecule has 2 amide bonds. The molecule has 1 heterocycles. The quantitative estimate of drug-likeness (QED) is 0.388. The summed E-state index contributed by atoms with van der Waals surface area (Å²) in [6.07, 6.45) is 0. The number of ether oxygens (including phenoxy) is 1. The number of esters is 1. The number of nitrogens with one attached hydrogen (secondary N) is 2. The lowest BCUT2D eigenvalue weighted by atomic mass is 10.1. The predicted octanol–water partition coefficient (Wildman–Crippen LogP) is 3.84. The molecule has 0 aliphatic heterocycles. The van der Waals surface area contributed by atoms with Crippen molar-refractivity contribution in [3.63, 3.8) is 0 Å². The standard InChI is InChI=1S/C20H23N3O6S/c1-6-29-20(26)15-12(5)16(18(25)21-10(2)3)30-19(15)22-17(24)13-8-7-11(4)14(9-13)23(27)28/h7-10H,6H2,1-5H3,(H,21,25)(H,22,24). The summed E-state index contributed by atoms with van der Waals surface area (Å²) < 4.78 is 5.07. The first-order chi connectivity index (χ1) is 14.1. The van der Waals surface area contributed by atoms with E-state index in [0.29, 0.717) is 11.1 Å². The molecule has 160 valence electrons. The normalized spacial score (nSPS) is 10.6. The highest BCUT2D eigenvalue weighted by Gasteiger charge is 2.27. The molecular formula is C20H23N3O6S. The largest absolute Gasteiger partial charge is 0.462 e. The Morgan fingerprint density at radius 3 is 2.43 bits per heavy atom. The van der Waals surface area contributed by atoms with Crippen LogP contribution in [-0.4, -0.2) is 35.4 Å². The third-order valence-corrected chi connectivity index (χ3v) is 5.35. The number of amides is 2. The number of carbonyl (C=O) groups is 3. The molecule has 30 heavy (non-hydrogen) atoms. The molecule has 9 nitrogen and oxygen atoms in total. The van der Waals surface area contributed by atoms with Crippen molar-refractivity contribution < 1.29 is 24.0 Å². The van der Waals surface area contributed by atoms with Crippen LogP contribution in [0.5, 0.6) is 0 Å². The van der Waals surface area contributed by atoms with Crippen LogP contribution in [-0.2, 0) is 4.74 Å². The zero-order valence-corrected chi connectivity index (χ0v) is 18.1. The third kappa shape index (κ3) is 5.01. The molecular weight excluding hydrogens is 410 g/mol. The number of nitro benzene ring substituents is 1. The molecule has 2 aromatic rings. The van der Waals surface area contributed by atoms with Crippen LogP contribution in [0.15, 0.2) is 18.2 Å². The van der Waals surface area contributed by atoms with E-state index in [9.17, 15) is 24.5 Å².